The van der Waals surface area contributed by atoms with Crippen molar-refractivity contribution in [2.75, 3.05) is 18.1 Å². The molecule has 7 nitrogen and oxygen atoms in total. The fourth-order valence-corrected chi connectivity index (χ4v) is 3.56. The summed E-state index contributed by atoms with van der Waals surface area (Å²) in [6.07, 6.45) is 2.10. The number of aryl methyl sites for hydroxylation is 2. The number of esters is 1. The van der Waals surface area contributed by atoms with Crippen LogP contribution in [0.4, 0.5) is 5.69 Å². The SMILES string of the molecule is O=C(CCc1nc2ccccc2c(=O)[nH]1)OCC(=O)N1CCCc2ccccc21. The number of hydrogen-bond acceptors (Lipinski definition) is 5. The van der Waals surface area contributed by atoms with E-state index in [1.54, 1.807) is 29.2 Å². The lowest BCUT2D eigenvalue weighted by molar-refractivity contribution is -0.147. The Hall–Kier alpha value is -3.48. The normalized spacial score (nSPS) is 13.2. The van der Waals surface area contributed by atoms with Crippen LogP contribution in [0.3, 0.4) is 0 Å². The fourth-order valence-electron chi connectivity index (χ4n) is 3.56. The Balaban J connectivity index is 1.33. The number of ether oxygens (including phenoxy) is 1. The molecule has 1 aliphatic heterocycles. The monoisotopic (exact) mass is 391 g/mol. The van der Waals surface area contributed by atoms with Crippen LogP contribution in [0.25, 0.3) is 10.9 Å². The average Bonchev–Trinajstić information content (AvgIpc) is 2.75. The van der Waals surface area contributed by atoms with Gasteiger partial charge in [-0.2, -0.15) is 0 Å². The van der Waals surface area contributed by atoms with Crippen LogP contribution >= 0.6 is 0 Å². The summed E-state index contributed by atoms with van der Waals surface area (Å²) in [7, 11) is 0. The van der Waals surface area contributed by atoms with E-state index < -0.39 is 5.97 Å². The highest BCUT2D eigenvalue weighted by Gasteiger charge is 2.23. The molecule has 0 saturated carbocycles. The Morgan fingerprint density at radius 2 is 1.90 bits per heavy atom. The zero-order valence-corrected chi connectivity index (χ0v) is 15.9. The molecular formula is C22H21N3O4. The zero-order chi connectivity index (χ0) is 20.2. The summed E-state index contributed by atoms with van der Waals surface area (Å²) in [4.78, 5) is 45.4. The van der Waals surface area contributed by atoms with Crippen molar-refractivity contribution in [1.29, 1.82) is 0 Å². The standard InChI is InChI=1S/C22H21N3O4/c26-20(25-13-5-7-15-6-1-4-10-18(15)25)14-29-21(27)12-11-19-23-17-9-3-2-8-16(17)22(28)24-19/h1-4,6,8-10H,5,7,11-14H2,(H,23,24,28). The molecule has 1 N–H and O–H groups in total. The molecule has 0 aliphatic carbocycles. The molecule has 0 unspecified atom stereocenters. The molecule has 2 heterocycles. The molecule has 7 heteroatoms. The van der Waals surface area contributed by atoms with Gasteiger partial charge in [-0.15, -0.1) is 0 Å². The van der Waals surface area contributed by atoms with Gasteiger partial charge in [0.15, 0.2) is 6.61 Å². The summed E-state index contributed by atoms with van der Waals surface area (Å²) in [6, 6.07) is 14.8. The van der Waals surface area contributed by atoms with Gasteiger partial charge in [-0.25, -0.2) is 4.98 Å². The highest BCUT2D eigenvalue weighted by molar-refractivity contribution is 5.96. The van der Waals surface area contributed by atoms with Crippen LogP contribution in [-0.2, 0) is 27.2 Å². The van der Waals surface area contributed by atoms with Crippen LogP contribution in [0.2, 0.25) is 0 Å². The third-order valence-electron chi connectivity index (χ3n) is 5.00. The summed E-state index contributed by atoms with van der Waals surface area (Å²) in [5.41, 5.74) is 2.36. The summed E-state index contributed by atoms with van der Waals surface area (Å²) in [5, 5.41) is 0.506. The van der Waals surface area contributed by atoms with E-state index >= 15 is 0 Å². The Morgan fingerprint density at radius 1 is 1.10 bits per heavy atom. The second-order valence-corrected chi connectivity index (χ2v) is 6.97. The van der Waals surface area contributed by atoms with Crippen LogP contribution in [0.5, 0.6) is 0 Å². The Labute approximate surface area is 167 Å². The first-order valence-corrected chi connectivity index (χ1v) is 9.63. The topological polar surface area (TPSA) is 92.4 Å². The second kappa shape index (κ2) is 8.26. The molecule has 0 fully saturated rings. The number of aromatic nitrogens is 2. The summed E-state index contributed by atoms with van der Waals surface area (Å²) < 4.78 is 5.16. The Morgan fingerprint density at radius 3 is 2.79 bits per heavy atom. The van der Waals surface area contributed by atoms with Gasteiger partial charge < -0.3 is 14.6 Å². The molecule has 1 aliphatic rings. The largest absolute Gasteiger partial charge is 0.456 e. The van der Waals surface area contributed by atoms with E-state index in [1.807, 2.05) is 24.3 Å². The van der Waals surface area contributed by atoms with Gasteiger partial charge in [0.1, 0.15) is 5.82 Å². The van der Waals surface area contributed by atoms with Gasteiger partial charge in [-0.1, -0.05) is 30.3 Å². The number of fused-ring (bicyclic) bond motifs is 2. The van der Waals surface area contributed by atoms with Crippen molar-refractivity contribution < 1.29 is 14.3 Å². The van der Waals surface area contributed by atoms with Gasteiger partial charge >= 0.3 is 5.97 Å². The van der Waals surface area contributed by atoms with E-state index in [4.69, 9.17) is 4.74 Å². The van der Waals surface area contributed by atoms with Crippen molar-refractivity contribution in [3.63, 3.8) is 0 Å². The Bertz CT molecular complexity index is 1120. The van der Waals surface area contributed by atoms with Crippen LogP contribution in [0.15, 0.2) is 53.3 Å². The first-order chi connectivity index (χ1) is 14.1. The number of carbonyl (C=O) groups is 2. The zero-order valence-electron chi connectivity index (χ0n) is 15.9. The number of benzene rings is 2. The lowest BCUT2D eigenvalue weighted by Gasteiger charge is -2.29. The number of para-hydroxylation sites is 2. The number of anilines is 1. The van der Waals surface area contributed by atoms with Crippen LogP contribution in [0.1, 0.15) is 24.2 Å². The number of nitrogens with one attached hydrogen (secondary N) is 1. The van der Waals surface area contributed by atoms with Gasteiger partial charge in [0.25, 0.3) is 11.5 Å². The van der Waals surface area contributed by atoms with Crippen molar-refractivity contribution >= 4 is 28.5 Å². The number of amides is 1. The fraction of sp³-hybridized carbons (Fsp3) is 0.273. The number of carbonyl (C=O) groups excluding carboxylic acids is 2. The van der Waals surface area contributed by atoms with Crippen LogP contribution < -0.4 is 10.5 Å². The lowest BCUT2D eigenvalue weighted by Crippen LogP contribution is -2.38. The molecule has 0 bridgehead atoms. The summed E-state index contributed by atoms with van der Waals surface area (Å²) in [5.74, 6) is -0.316. The van der Waals surface area contributed by atoms with Crippen molar-refractivity contribution in [1.82, 2.24) is 9.97 Å². The maximum atomic E-state index is 12.5. The van der Waals surface area contributed by atoms with E-state index in [-0.39, 0.29) is 30.9 Å². The molecule has 0 saturated heterocycles. The summed E-state index contributed by atoms with van der Waals surface area (Å²) in [6.45, 7) is 0.324. The van der Waals surface area contributed by atoms with Crippen molar-refractivity contribution in [2.45, 2.75) is 25.7 Å². The van der Waals surface area contributed by atoms with Gasteiger partial charge in [0.2, 0.25) is 0 Å². The quantitative estimate of drug-likeness (QED) is 0.674. The number of H-pyrrole nitrogens is 1. The maximum Gasteiger partial charge on any atom is 0.306 e. The molecule has 1 aromatic heterocycles. The molecule has 4 rings (SSSR count). The van der Waals surface area contributed by atoms with Gasteiger partial charge in [-0.3, -0.25) is 14.4 Å². The highest BCUT2D eigenvalue weighted by Crippen LogP contribution is 2.26. The molecule has 0 radical (unpaired) electrons. The third kappa shape index (κ3) is 4.18. The van der Waals surface area contributed by atoms with Crippen LogP contribution in [0, 0.1) is 0 Å². The predicted octanol–water partition coefficient (Wildman–Crippen LogP) is 2.38. The van der Waals surface area contributed by atoms with Gasteiger partial charge in [0.05, 0.1) is 17.3 Å². The molecule has 1 amide bonds. The van der Waals surface area contributed by atoms with Crippen molar-refractivity contribution in [3.8, 4) is 0 Å². The van der Waals surface area contributed by atoms with E-state index in [0.29, 0.717) is 23.3 Å². The first kappa shape index (κ1) is 18.9. The van der Waals surface area contributed by atoms with Gasteiger partial charge in [-0.05, 0) is 36.6 Å². The molecule has 148 valence electrons. The number of hydrogen-bond donors (Lipinski definition) is 1. The van der Waals surface area contributed by atoms with Crippen molar-refractivity contribution in [2.24, 2.45) is 0 Å². The molecule has 0 atom stereocenters. The molecule has 0 spiro atoms. The number of nitrogens with zero attached hydrogens (tertiary/aromatic N) is 2. The lowest BCUT2D eigenvalue weighted by atomic mass is 10.0. The van der Waals surface area contributed by atoms with Crippen molar-refractivity contribution in [3.05, 3.63) is 70.3 Å². The van der Waals surface area contributed by atoms with E-state index in [9.17, 15) is 14.4 Å². The molecular weight excluding hydrogens is 370 g/mol. The van der Waals surface area contributed by atoms with Crippen LogP contribution in [-0.4, -0.2) is 35.0 Å². The average molecular weight is 391 g/mol. The predicted molar refractivity (Wildman–Crippen MR) is 109 cm³/mol. The summed E-state index contributed by atoms with van der Waals surface area (Å²) >= 11 is 0. The number of aromatic amines is 1. The minimum atomic E-state index is -0.501. The maximum absolute atomic E-state index is 12.5. The van der Waals surface area contributed by atoms with Gasteiger partial charge in [0, 0.05) is 18.7 Å². The molecule has 3 aromatic rings. The van der Waals surface area contributed by atoms with E-state index in [0.717, 1.165) is 24.1 Å². The first-order valence-electron chi connectivity index (χ1n) is 9.63. The second-order valence-electron chi connectivity index (χ2n) is 6.97. The smallest absolute Gasteiger partial charge is 0.306 e. The molecule has 29 heavy (non-hydrogen) atoms. The molecule has 2 aromatic carbocycles. The van der Waals surface area contributed by atoms with E-state index in [2.05, 4.69) is 9.97 Å². The minimum Gasteiger partial charge on any atom is -0.456 e. The third-order valence-corrected chi connectivity index (χ3v) is 5.00. The Kier molecular flexibility index (Phi) is 5.37. The highest BCUT2D eigenvalue weighted by atomic mass is 16.5. The van der Waals surface area contributed by atoms with E-state index in [1.165, 1.54) is 0 Å². The number of rotatable bonds is 5. The minimum absolute atomic E-state index is 0.0329.